The number of nitrogens with zero attached hydrogens (tertiary/aromatic N) is 3. The minimum absolute atomic E-state index is 0.373. The molecule has 3 aromatic carbocycles. The molecule has 1 aliphatic rings. The molecule has 1 atom stereocenters. The molecule has 2 N–H and O–H groups in total. The highest BCUT2D eigenvalue weighted by Gasteiger charge is 2.18. The highest BCUT2D eigenvalue weighted by molar-refractivity contribution is 5.77. The number of hydrogen-bond acceptors (Lipinski definition) is 4. The first-order chi connectivity index (χ1) is 15.3. The number of rotatable bonds is 7. The first-order valence-electron chi connectivity index (χ1n) is 11.0. The molecule has 1 aliphatic heterocycles. The average molecular weight is 413 g/mol. The van der Waals surface area contributed by atoms with Crippen LogP contribution in [0.25, 0.3) is 16.7 Å². The zero-order valence-electron chi connectivity index (χ0n) is 17.6. The lowest BCUT2D eigenvalue weighted by atomic mass is 10.00. The van der Waals surface area contributed by atoms with E-state index in [1.807, 2.05) is 24.5 Å². The minimum atomic E-state index is -0.373. The lowest BCUT2D eigenvalue weighted by Gasteiger charge is -2.30. The quantitative estimate of drug-likeness (QED) is 0.488. The molecule has 158 valence electrons. The Morgan fingerprint density at radius 1 is 0.935 bits per heavy atom. The molecule has 0 spiro atoms. The van der Waals surface area contributed by atoms with Crippen molar-refractivity contribution in [2.75, 3.05) is 19.6 Å². The second-order valence-corrected chi connectivity index (χ2v) is 8.31. The molecule has 2 heterocycles. The van der Waals surface area contributed by atoms with Gasteiger partial charge in [-0.25, -0.2) is 4.98 Å². The number of hydrogen-bond donors (Lipinski definition) is 2. The lowest BCUT2D eigenvalue weighted by Crippen LogP contribution is -2.40. The summed E-state index contributed by atoms with van der Waals surface area (Å²) >= 11 is 0. The van der Waals surface area contributed by atoms with Gasteiger partial charge in [0.05, 0.1) is 17.1 Å². The summed E-state index contributed by atoms with van der Waals surface area (Å²) in [6, 6.07) is 25.3. The van der Waals surface area contributed by atoms with Crippen molar-refractivity contribution >= 4 is 11.0 Å². The fourth-order valence-corrected chi connectivity index (χ4v) is 4.40. The Labute approximate surface area is 183 Å². The maximum Gasteiger partial charge on any atom is 0.100 e. The van der Waals surface area contributed by atoms with E-state index < -0.39 is 0 Å². The van der Waals surface area contributed by atoms with Gasteiger partial charge in [-0.3, -0.25) is 9.47 Å². The van der Waals surface area contributed by atoms with E-state index in [1.165, 1.54) is 16.7 Å². The molecule has 1 unspecified atom stereocenters. The molecular formula is C26H28N4O. The zero-order valence-corrected chi connectivity index (χ0v) is 17.6. The van der Waals surface area contributed by atoms with Crippen LogP contribution in [0.1, 0.15) is 16.7 Å². The summed E-state index contributed by atoms with van der Waals surface area (Å²) in [5.41, 5.74) is 7.24. The zero-order chi connectivity index (χ0) is 21.0. The summed E-state index contributed by atoms with van der Waals surface area (Å²) in [4.78, 5) is 6.81. The largest absolute Gasteiger partial charge is 0.390 e. The number of benzene rings is 3. The van der Waals surface area contributed by atoms with Crippen LogP contribution in [0.5, 0.6) is 0 Å². The van der Waals surface area contributed by atoms with Crippen molar-refractivity contribution in [3.05, 3.63) is 95.8 Å². The fourth-order valence-electron chi connectivity index (χ4n) is 4.40. The van der Waals surface area contributed by atoms with Crippen molar-refractivity contribution in [1.82, 2.24) is 19.8 Å². The monoisotopic (exact) mass is 412 g/mol. The van der Waals surface area contributed by atoms with Gasteiger partial charge in [-0.15, -0.1) is 0 Å². The minimum Gasteiger partial charge on any atom is -0.390 e. The van der Waals surface area contributed by atoms with Crippen LogP contribution in [0.4, 0.5) is 0 Å². The number of aliphatic hydroxyl groups excluding tert-OH is 1. The van der Waals surface area contributed by atoms with Gasteiger partial charge in [0.1, 0.15) is 6.33 Å². The predicted octanol–water partition coefficient (Wildman–Crippen LogP) is 3.53. The SMILES string of the molecule is OC(CNCc1ccc(-n2cnc3ccccc32)cc1)CN1CCc2ccccc2C1. The summed E-state index contributed by atoms with van der Waals surface area (Å²) in [5, 5.41) is 13.9. The molecule has 5 heteroatoms. The number of aromatic nitrogens is 2. The number of aliphatic hydroxyl groups is 1. The Kier molecular flexibility index (Phi) is 5.80. The molecule has 0 saturated carbocycles. The molecule has 31 heavy (non-hydrogen) atoms. The third-order valence-electron chi connectivity index (χ3n) is 6.06. The highest BCUT2D eigenvalue weighted by Crippen LogP contribution is 2.19. The molecule has 0 amide bonds. The molecule has 4 aromatic rings. The number of nitrogens with one attached hydrogen (secondary N) is 1. The van der Waals surface area contributed by atoms with Gasteiger partial charge in [0, 0.05) is 38.4 Å². The van der Waals surface area contributed by atoms with E-state index in [-0.39, 0.29) is 6.10 Å². The van der Waals surface area contributed by atoms with Crippen LogP contribution >= 0.6 is 0 Å². The molecule has 0 saturated heterocycles. The van der Waals surface area contributed by atoms with Gasteiger partial charge < -0.3 is 10.4 Å². The Morgan fingerprint density at radius 3 is 2.58 bits per heavy atom. The Morgan fingerprint density at radius 2 is 1.71 bits per heavy atom. The maximum absolute atomic E-state index is 10.5. The summed E-state index contributed by atoms with van der Waals surface area (Å²) in [7, 11) is 0. The van der Waals surface area contributed by atoms with Crippen LogP contribution in [0.15, 0.2) is 79.1 Å². The average Bonchev–Trinajstić information content (AvgIpc) is 3.24. The van der Waals surface area contributed by atoms with E-state index in [0.29, 0.717) is 13.1 Å². The molecule has 1 aromatic heterocycles. The normalized spacial score (nSPS) is 15.1. The van der Waals surface area contributed by atoms with Crippen molar-refractivity contribution in [2.24, 2.45) is 0 Å². The van der Waals surface area contributed by atoms with E-state index in [4.69, 9.17) is 0 Å². The standard InChI is InChI=1S/C26H28N4O/c31-24(18-29-14-13-21-5-1-2-6-22(21)17-29)16-27-15-20-9-11-23(12-10-20)30-19-28-25-7-3-4-8-26(25)30/h1-12,19,24,27,31H,13-18H2. The molecule has 5 nitrogen and oxygen atoms in total. The second kappa shape index (κ2) is 9.02. The molecule has 5 rings (SSSR count). The fraction of sp³-hybridized carbons (Fsp3) is 0.269. The Balaban J connectivity index is 1.11. The summed E-state index contributed by atoms with van der Waals surface area (Å²) < 4.78 is 2.10. The van der Waals surface area contributed by atoms with Crippen molar-refractivity contribution in [2.45, 2.75) is 25.6 Å². The Bertz CT molecular complexity index is 1150. The predicted molar refractivity (Wildman–Crippen MR) is 124 cm³/mol. The number of fused-ring (bicyclic) bond motifs is 2. The highest BCUT2D eigenvalue weighted by atomic mass is 16.3. The first kappa shape index (κ1) is 19.9. The lowest BCUT2D eigenvalue weighted by molar-refractivity contribution is 0.104. The van der Waals surface area contributed by atoms with Gasteiger partial charge in [-0.2, -0.15) is 0 Å². The third kappa shape index (κ3) is 4.54. The van der Waals surface area contributed by atoms with Crippen LogP contribution in [0.3, 0.4) is 0 Å². The molecule has 0 fully saturated rings. The van der Waals surface area contributed by atoms with E-state index >= 15 is 0 Å². The van der Waals surface area contributed by atoms with Gasteiger partial charge in [0.25, 0.3) is 0 Å². The smallest absolute Gasteiger partial charge is 0.100 e. The molecule has 0 bridgehead atoms. The van der Waals surface area contributed by atoms with Gasteiger partial charge in [-0.1, -0.05) is 48.5 Å². The number of para-hydroxylation sites is 2. The van der Waals surface area contributed by atoms with Crippen molar-refractivity contribution in [3.63, 3.8) is 0 Å². The van der Waals surface area contributed by atoms with E-state index in [2.05, 4.69) is 74.4 Å². The summed E-state index contributed by atoms with van der Waals surface area (Å²) in [6.07, 6.45) is 2.56. The van der Waals surface area contributed by atoms with Crippen LogP contribution < -0.4 is 5.32 Å². The van der Waals surface area contributed by atoms with Gasteiger partial charge >= 0.3 is 0 Å². The van der Waals surface area contributed by atoms with Crippen molar-refractivity contribution < 1.29 is 5.11 Å². The van der Waals surface area contributed by atoms with E-state index in [9.17, 15) is 5.11 Å². The first-order valence-corrected chi connectivity index (χ1v) is 11.0. The van der Waals surface area contributed by atoms with Crippen molar-refractivity contribution in [1.29, 1.82) is 0 Å². The Hall–Kier alpha value is -2.99. The van der Waals surface area contributed by atoms with Crippen LogP contribution in [-0.2, 0) is 19.5 Å². The van der Waals surface area contributed by atoms with Crippen LogP contribution in [0.2, 0.25) is 0 Å². The molecule has 0 radical (unpaired) electrons. The van der Waals surface area contributed by atoms with Crippen LogP contribution in [-0.4, -0.2) is 45.3 Å². The molecular weight excluding hydrogens is 384 g/mol. The second-order valence-electron chi connectivity index (χ2n) is 8.31. The van der Waals surface area contributed by atoms with Crippen LogP contribution in [0, 0.1) is 0 Å². The van der Waals surface area contributed by atoms with Gasteiger partial charge in [-0.05, 0) is 47.4 Å². The maximum atomic E-state index is 10.5. The number of imidazole rings is 1. The van der Waals surface area contributed by atoms with Gasteiger partial charge in [0.15, 0.2) is 0 Å². The summed E-state index contributed by atoms with van der Waals surface area (Å²) in [5.74, 6) is 0. The number of β-amino-alcohol motifs (C(OH)–C–C–N with tert-alkyl or cyclic N) is 1. The van der Waals surface area contributed by atoms with E-state index in [1.54, 1.807) is 0 Å². The topological polar surface area (TPSA) is 53.3 Å². The van der Waals surface area contributed by atoms with E-state index in [0.717, 1.165) is 42.8 Å². The third-order valence-corrected chi connectivity index (χ3v) is 6.06. The van der Waals surface area contributed by atoms with Gasteiger partial charge in [0.2, 0.25) is 0 Å². The summed E-state index contributed by atoms with van der Waals surface area (Å²) in [6.45, 7) is 3.97. The van der Waals surface area contributed by atoms with Crippen molar-refractivity contribution in [3.8, 4) is 5.69 Å². The molecule has 0 aliphatic carbocycles.